The highest BCUT2D eigenvalue weighted by Crippen LogP contribution is 2.21. The SMILES string of the molecule is CCn1c(CN)[n+](CC)c2cc(OCCCN(C[C@H](O)[C@@H](O)[C@H](O)[C@H](O)CO)C[C@H](O)[C@@H](O)[C@H](O)[C@H](O)CO)ccc21.Cl.[Cl-]. The first-order valence-corrected chi connectivity index (χ1v) is 14.2. The van der Waals surface area contributed by atoms with Crippen molar-refractivity contribution in [3.05, 3.63) is 24.0 Å². The predicted molar refractivity (Wildman–Crippen MR) is 157 cm³/mol. The second kappa shape index (κ2) is 20.7. The molecular formula is C27H50Cl2N4O11. The largest absolute Gasteiger partial charge is 1.00 e. The van der Waals surface area contributed by atoms with Crippen molar-refractivity contribution in [1.29, 1.82) is 0 Å². The van der Waals surface area contributed by atoms with E-state index in [2.05, 4.69) is 9.13 Å². The van der Waals surface area contributed by atoms with Gasteiger partial charge < -0.3 is 73.9 Å². The van der Waals surface area contributed by atoms with Crippen LogP contribution in [0, 0.1) is 0 Å². The number of benzene rings is 1. The fraction of sp³-hybridized carbons (Fsp3) is 0.741. The molecule has 1 heterocycles. The van der Waals surface area contributed by atoms with E-state index in [-0.39, 0.29) is 51.1 Å². The molecule has 0 amide bonds. The van der Waals surface area contributed by atoms with E-state index in [1.54, 1.807) is 0 Å². The summed E-state index contributed by atoms with van der Waals surface area (Å²) >= 11 is 0. The summed E-state index contributed by atoms with van der Waals surface area (Å²) in [5.41, 5.74) is 8.00. The van der Waals surface area contributed by atoms with Crippen LogP contribution in [-0.2, 0) is 19.6 Å². The van der Waals surface area contributed by atoms with Gasteiger partial charge in [0.1, 0.15) is 42.4 Å². The summed E-state index contributed by atoms with van der Waals surface area (Å²) in [6, 6.07) is 5.72. The van der Waals surface area contributed by atoms with Crippen molar-refractivity contribution in [3.63, 3.8) is 0 Å². The fourth-order valence-electron chi connectivity index (χ4n) is 4.99. The van der Waals surface area contributed by atoms with Gasteiger partial charge in [-0.15, -0.1) is 12.4 Å². The monoisotopic (exact) mass is 676 g/mol. The standard InChI is InChI=1S/C27H49N4O11.2ClH/c1-3-30-17-7-6-16(10-18(17)31(4-2)23(30)11-28)42-9-5-8-29(12-19(34)24(38)26(40)21(36)14-32)13-20(35)25(39)27(41)22(37)15-33;;/h6-7,10,19-22,24-27,32-41H,3-5,8-9,11-15,28H2,1-2H3;2*1H/q+1;;/p-1/t19-,20-,21+,22+,24+,25+,26+,27+;;/m0../s1. The molecule has 0 aliphatic heterocycles. The highest BCUT2D eigenvalue weighted by atomic mass is 35.5. The molecule has 258 valence electrons. The van der Waals surface area contributed by atoms with Crippen LogP contribution in [-0.4, -0.2) is 149 Å². The van der Waals surface area contributed by atoms with E-state index < -0.39 is 62.0 Å². The van der Waals surface area contributed by atoms with Crippen LogP contribution in [0.3, 0.4) is 0 Å². The van der Waals surface area contributed by atoms with Crippen LogP contribution >= 0.6 is 12.4 Å². The molecule has 0 aliphatic rings. The van der Waals surface area contributed by atoms with Crippen molar-refractivity contribution in [1.82, 2.24) is 9.47 Å². The number of nitrogens with zero attached hydrogens (tertiary/aromatic N) is 3. The Morgan fingerprint density at radius 3 is 1.77 bits per heavy atom. The molecule has 2 rings (SSSR count). The van der Waals surface area contributed by atoms with E-state index in [0.717, 1.165) is 29.9 Å². The van der Waals surface area contributed by atoms with Crippen molar-refractivity contribution >= 4 is 23.4 Å². The first kappa shape index (κ1) is 42.6. The summed E-state index contributed by atoms with van der Waals surface area (Å²) in [7, 11) is 0. The molecule has 44 heavy (non-hydrogen) atoms. The van der Waals surface area contributed by atoms with E-state index >= 15 is 0 Å². The van der Waals surface area contributed by atoms with Gasteiger partial charge in [0.25, 0.3) is 5.82 Å². The third-order valence-corrected chi connectivity index (χ3v) is 7.40. The van der Waals surface area contributed by atoms with Crippen LogP contribution in [0.4, 0.5) is 0 Å². The van der Waals surface area contributed by atoms with E-state index in [1.165, 1.54) is 4.90 Å². The smallest absolute Gasteiger partial charge is 0.271 e. The third kappa shape index (κ3) is 10.8. The quantitative estimate of drug-likeness (QED) is 0.0461. The van der Waals surface area contributed by atoms with Gasteiger partial charge in [-0.05, 0) is 32.4 Å². The second-order valence-electron chi connectivity index (χ2n) is 10.3. The van der Waals surface area contributed by atoms with Crippen LogP contribution in [0.1, 0.15) is 26.1 Å². The van der Waals surface area contributed by atoms with Crippen molar-refractivity contribution in [2.45, 2.75) is 88.7 Å². The molecule has 0 radical (unpaired) electrons. The van der Waals surface area contributed by atoms with Gasteiger partial charge in [0.2, 0.25) is 0 Å². The number of halogens is 2. The maximum atomic E-state index is 10.5. The minimum absolute atomic E-state index is 0. The number of rotatable bonds is 20. The van der Waals surface area contributed by atoms with E-state index in [1.807, 2.05) is 32.0 Å². The number of aryl methyl sites for hydroxylation is 2. The third-order valence-electron chi connectivity index (χ3n) is 7.40. The zero-order valence-electron chi connectivity index (χ0n) is 25.0. The van der Waals surface area contributed by atoms with Gasteiger partial charge in [0.05, 0.1) is 51.7 Å². The number of hydrogen-bond donors (Lipinski definition) is 11. The molecule has 0 aliphatic carbocycles. The molecule has 0 saturated heterocycles. The number of imidazole rings is 1. The molecular weight excluding hydrogens is 627 g/mol. The lowest BCUT2D eigenvalue weighted by Crippen LogP contribution is -3.00. The zero-order valence-corrected chi connectivity index (χ0v) is 26.6. The predicted octanol–water partition coefficient (Wildman–Crippen LogP) is -7.20. The molecule has 0 saturated carbocycles. The van der Waals surface area contributed by atoms with Crippen LogP contribution in [0.5, 0.6) is 5.75 Å². The minimum Gasteiger partial charge on any atom is -1.00 e. The van der Waals surface area contributed by atoms with Gasteiger partial charge in [-0.2, -0.15) is 0 Å². The number of aliphatic hydroxyl groups excluding tert-OH is 10. The zero-order chi connectivity index (χ0) is 31.6. The Bertz CT molecular complexity index is 1060. The van der Waals surface area contributed by atoms with Gasteiger partial charge >= 0.3 is 0 Å². The number of aliphatic hydroxyl groups is 10. The Kier molecular flexibility index (Phi) is 20.0. The van der Waals surface area contributed by atoms with Gasteiger partial charge in [-0.1, -0.05) is 0 Å². The summed E-state index contributed by atoms with van der Waals surface area (Å²) in [4.78, 5) is 1.43. The fourth-order valence-corrected chi connectivity index (χ4v) is 4.99. The summed E-state index contributed by atoms with van der Waals surface area (Å²) in [5.74, 6) is 1.61. The van der Waals surface area contributed by atoms with Gasteiger partial charge in [0.15, 0.2) is 11.0 Å². The van der Waals surface area contributed by atoms with Crippen molar-refractivity contribution in [2.24, 2.45) is 5.73 Å². The van der Waals surface area contributed by atoms with Crippen LogP contribution in [0.2, 0.25) is 0 Å². The molecule has 15 nitrogen and oxygen atoms in total. The molecule has 0 fully saturated rings. The van der Waals surface area contributed by atoms with Gasteiger partial charge in [-0.3, -0.25) is 4.90 Å². The summed E-state index contributed by atoms with van der Waals surface area (Å²) < 4.78 is 10.2. The Hall–Kier alpha value is -1.41. The van der Waals surface area contributed by atoms with Crippen LogP contribution < -0.4 is 27.4 Å². The Balaban J connectivity index is 0.00000924. The van der Waals surface area contributed by atoms with Crippen LogP contribution in [0.25, 0.3) is 11.0 Å². The lowest BCUT2D eigenvalue weighted by molar-refractivity contribution is -0.676. The molecule has 0 bridgehead atoms. The second-order valence-corrected chi connectivity index (χ2v) is 10.3. The first-order valence-electron chi connectivity index (χ1n) is 14.2. The lowest BCUT2D eigenvalue weighted by atomic mass is 10.0. The summed E-state index contributed by atoms with van der Waals surface area (Å²) in [5, 5.41) is 98.6. The highest BCUT2D eigenvalue weighted by Gasteiger charge is 2.34. The Morgan fingerprint density at radius 1 is 0.841 bits per heavy atom. The first-order chi connectivity index (χ1) is 19.9. The molecule has 8 atom stereocenters. The normalized spacial score (nSPS) is 17.2. The van der Waals surface area contributed by atoms with Gasteiger partial charge in [-0.25, -0.2) is 9.13 Å². The molecule has 17 heteroatoms. The Labute approximate surface area is 269 Å². The van der Waals surface area contributed by atoms with E-state index in [9.17, 15) is 40.9 Å². The van der Waals surface area contributed by atoms with E-state index in [4.69, 9.17) is 20.7 Å². The molecule has 0 spiro atoms. The minimum atomic E-state index is -1.85. The number of nitrogens with two attached hydrogens (primary N) is 1. The maximum absolute atomic E-state index is 10.5. The van der Waals surface area contributed by atoms with Crippen molar-refractivity contribution < 1.29 is 72.8 Å². The van der Waals surface area contributed by atoms with Gasteiger partial charge in [0, 0.05) is 25.7 Å². The molecule has 0 unspecified atom stereocenters. The number of hydrogen-bond acceptors (Lipinski definition) is 13. The topological polar surface area (TPSA) is 250 Å². The van der Waals surface area contributed by atoms with Crippen LogP contribution in [0.15, 0.2) is 18.2 Å². The average molecular weight is 678 g/mol. The van der Waals surface area contributed by atoms with Crippen molar-refractivity contribution in [2.75, 3.05) is 39.5 Å². The maximum Gasteiger partial charge on any atom is 0.271 e. The number of fused-ring (bicyclic) bond motifs is 1. The summed E-state index contributed by atoms with van der Waals surface area (Å²) in [6.07, 6.45) is -13.7. The molecule has 2 aromatic rings. The lowest BCUT2D eigenvalue weighted by Gasteiger charge is -2.33. The highest BCUT2D eigenvalue weighted by molar-refractivity contribution is 5.85. The Morgan fingerprint density at radius 2 is 1.34 bits per heavy atom. The molecule has 1 aromatic heterocycles. The number of ether oxygens (including phenoxy) is 1. The summed E-state index contributed by atoms with van der Waals surface area (Å²) in [6.45, 7) is 3.95. The number of aromatic nitrogens is 2. The molecule has 1 aromatic carbocycles. The molecule has 12 N–H and O–H groups in total. The van der Waals surface area contributed by atoms with Crippen molar-refractivity contribution in [3.8, 4) is 5.75 Å². The van der Waals surface area contributed by atoms with E-state index in [0.29, 0.717) is 18.7 Å². The average Bonchev–Trinajstić information content (AvgIpc) is 3.32.